The van der Waals surface area contributed by atoms with Crippen LogP contribution in [0.3, 0.4) is 0 Å². The van der Waals surface area contributed by atoms with Crippen molar-refractivity contribution in [2.24, 2.45) is 0 Å². The Morgan fingerprint density at radius 1 is 1.00 bits per heavy atom. The Labute approximate surface area is 136 Å². The van der Waals surface area contributed by atoms with Crippen molar-refractivity contribution >= 4 is 10.9 Å². The number of pyridine rings is 2. The average molecular weight is 318 g/mol. The van der Waals surface area contributed by atoms with Gasteiger partial charge >= 0.3 is 0 Å². The Kier molecular flexibility index (Phi) is 3.16. The van der Waals surface area contributed by atoms with Crippen LogP contribution < -0.4 is 11.1 Å². The molecular weight excluding hydrogens is 304 g/mol. The molecule has 0 aliphatic carbocycles. The van der Waals surface area contributed by atoms with E-state index >= 15 is 0 Å². The van der Waals surface area contributed by atoms with Crippen molar-refractivity contribution in [3.05, 3.63) is 87.3 Å². The number of hydrogen-bond acceptors (Lipinski definition) is 3. The number of fused-ring (bicyclic) bond motifs is 1. The second-order valence-electron chi connectivity index (χ2n) is 5.49. The molecule has 1 aromatic carbocycles. The molecule has 0 amide bonds. The lowest BCUT2D eigenvalue weighted by Gasteiger charge is -2.09. The minimum absolute atomic E-state index is 0.189. The van der Waals surface area contributed by atoms with Crippen molar-refractivity contribution < 1.29 is 0 Å². The maximum atomic E-state index is 12.8. The molecule has 0 atom stereocenters. The fourth-order valence-electron chi connectivity index (χ4n) is 2.94. The normalized spacial score (nSPS) is 11.0. The molecule has 0 fully saturated rings. The van der Waals surface area contributed by atoms with Gasteiger partial charge in [0.25, 0.3) is 11.1 Å². The molecule has 0 saturated carbocycles. The number of H-pyrrole nitrogens is 1. The molecule has 118 valence electrons. The van der Waals surface area contributed by atoms with Gasteiger partial charge < -0.3 is 0 Å². The lowest BCUT2D eigenvalue weighted by molar-refractivity contribution is 0.863. The topological polar surface area (TPSA) is 72.7 Å². The Bertz CT molecular complexity index is 1140. The van der Waals surface area contributed by atoms with Gasteiger partial charge in [-0.1, -0.05) is 18.2 Å². The third-order valence-corrected chi connectivity index (χ3v) is 4.02. The maximum Gasteiger partial charge on any atom is 0.280 e. The summed E-state index contributed by atoms with van der Waals surface area (Å²) in [5.41, 5.74) is 2.06. The Balaban J connectivity index is 2.06. The van der Waals surface area contributed by atoms with Gasteiger partial charge in [-0.2, -0.15) is 0 Å². The summed E-state index contributed by atoms with van der Waals surface area (Å²) in [7, 11) is 0. The second kappa shape index (κ2) is 5.34. The summed E-state index contributed by atoms with van der Waals surface area (Å²) in [6.07, 6.45) is 3.24. The van der Waals surface area contributed by atoms with E-state index in [-0.39, 0.29) is 11.1 Å². The van der Waals surface area contributed by atoms with E-state index in [1.54, 1.807) is 31.5 Å². The molecule has 6 nitrogen and oxygen atoms in total. The summed E-state index contributed by atoms with van der Waals surface area (Å²) in [5, 5.41) is 3.50. The minimum Gasteiger partial charge on any atom is -0.290 e. The van der Waals surface area contributed by atoms with E-state index in [1.807, 2.05) is 30.3 Å². The molecule has 4 aromatic rings. The van der Waals surface area contributed by atoms with Gasteiger partial charge in [0, 0.05) is 18.0 Å². The molecular formula is C18H14N4O2. The molecule has 1 N–H and O–H groups in total. The first-order valence-corrected chi connectivity index (χ1v) is 7.50. The third kappa shape index (κ3) is 2.08. The van der Waals surface area contributed by atoms with Gasteiger partial charge in [-0.05, 0) is 31.2 Å². The Morgan fingerprint density at radius 3 is 2.46 bits per heavy atom. The van der Waals surface area contributed by atoms with Crippen molar-refractivity contribution in [1.29, 1.82) is 0 Å². The average Bonchev–Trinajstić information content (AvgIpc) is 2.93. The first kappa shape index (κ1) is 14.2. The van der Waals surface area contributed by atoms with Gasteiger partial charge in [-0.25, -0.2) is 4.68 Å². The number of aromatic nitrogens is 4. The highest BCUT2D eigenvalue weighted by atomic mass is 16.1. The molecule has 4 rings (SSSR count). The van der Waals surface area contributed by atoms with Crippen LogP contribution in [-0.2, 0) is 0 Å². The fourth-order valence-corrected chi connectivity index (χ4v) is 2.94. The highest BCUT2D eigenvalue weighted by Crippen LogP contribution is 2.16. The molecule has 0 aliphatic rings. The van der Waals surface area contributed by atoms with Crippen molar-refractivity contribution in [3.8, 4) is 11.4 Å². The quantitative estimate of drug-likeness (QED) is 0.615. The highest BCUT2D eigenvalue weighted by molar-refractivity contribution is 5.81. The zero-order valence-electron chi connectivity index (χ0n) is 12.9. The van der Waals surface area contributed by atoms with E-state index in [9.17, 15) is 9.59 Å². The van der Waals surface area contributed by atoms with Gasteiger partial charge in [0.2, 0.25) is 0 Å². The van der Waals surface area contributed by atoms with Crippen LogP contribution in [0.4, 0.5) is 0 Å². The van der Waals surface area contributed by atoms with E-state index in [0.717, 1.165) is 5.69 Å². The van der Waals surface area contributed by atoms with E-state index < -0.39 is 0 Å². The van der Waals surface area contributed by atoms with Crippen LogP contribution in [0.25, 0.3) is 22.3 Å². The van der Waals surface area contributed by atoms with E-state index in [1.165, 1.54) is 15.3 Å². The number of aromatic amines is 1. The number of nitrogens with zero attached hydrogens (tertiary/aromatic N) is 3. The third-order valence-electron chi connectivity index (χ3n) is 4.02. The molecule has 0 aliphatic heterocycles. The summed E-state index contributed by atoms with van der Waals surface area (Å²) in [4.78, 5) is 29.4. The first-order valence-electron chi connectivity index (χ1n) is 7.50. The standard InChI is InChI=1S/C18H14N4O2/c1-12-17-15(10-16(23)21(12)14-8-5-9-19-11-14)20-22(18(17)24)13-6-3-2-4-7-13/h2-11,20H,1H3. The van der Waals surface area contributed by atoms with Crippen molar-refractivity contribution in [1.82, 2.24) is 19.3 Å². The number of rotatable bonds is 2. The number of hydrogen-bond donors (Lipinski definition) is 1. The maximum absolute atomic E-state index is 12.8. The lowest BCUT2D eigenvalue weighted by Crippen LogP contribution is -2.21. The molecule has 3 heterocycles. The molecule has 3 aromatic heterocycles. The summed E-state index contributed by atoms with van der Waals surface area (Å²) in [6, 6.07) is 14.2. The second-order valence-corrected chi connectivity index (χ2v) is 5.49. The van der Waals surface area contributed by atoms with Gasteiger partial charge in [-0.15, -0.1) is 0 Å². The molecule has 0 bridgehead atoms. The van der Waals surface area contributed by atoms with E-state index in [4.69, 9.17) is 0 Å². The summed E-state index contributed by atoms with van der Waals surface area (Å²) >= 11 is 0. The number of aryl methyl sites for hydroxylation is 1. The lowest BCUT2D eigenvalue weighted by atomic mass is 10.2. The first-order chi connectivity index (χ1) is 11.7. The van der Waals surface area contributed by atoms with Crippen LogP contribution in [0.2, 0.25) is 0 Å². The van der Waals surface area contributed by atoms with Gasteiger partial charge in [0.05, 0.1) is 28.5 Å². The van der Waals surface area contributed by atoms with Crippen LogP contribution >= 0.6 is 0 Å². The van der Waals surface area contributed by atoms with Gasteiger partial charge in [0.15, 0.2) is 0 Å². The van der Waals surface area contributed by atoms with Crippen LogP contribution in [0.5, 0.6) is 0 Å². The van der Waals surface area contributed by atoms with Crippen LogP contribution in [0.15, 0.2) is 70.5 Å². The summed E-state index contributed by atoms with van der Waals surface area (Å²) < 4.78 is 2.95. The zero-order chi connectivity index (χ0) is 16.7. The SMILES string of the molecule is Cc1c2c(=O)n(-c3ccccc3)[nH]c2cc(=O)n1-c1cccnc1. The van der Waals surface area contributed by atoms with E-state index in [2.05, 4.69) is 10.1 Å². The number of nitrogens with one attached hydrogen (secondary N) is 1. The molecule has 0 spiro atoms. The number of benzene rings is 1. The van der Waals surface area contributed by atoms with Crippen molar-refractivity contribution in [3.63, 3.8) is 0 Å². The van der Waals surface area contributed by atoms with Crippen LogP contribution in [-0.4, -0.2) is 19.3 Å². The fraction of sp³-hybridized carbons (Fsp3) is 0.0556. The van der Waals surface area contributed by atoms with Crippen molar-refractivity contribution in [2.75, 3.05) is 0 Å². The highest BCUT2D eigenvalue weighted by Gasteiger charge is 2.15. The van der Waals surface area contributed by atoms with Gasteiger partial charge in [-0.3, -0.25) is 24.2 Å². The number of para-hydroxylation sites is 1. The predicted octanol–water partition coefficient (Wildman–Crippen LogP) is 2.17. The minimum atomic E-state index is -0.213. The summed E-state index contributed by atoms with van der Waals surface area (Å²) in [6.45, 7) is 1.77. The van der Waals surface area contributed by atoms with Crippen molar-refractivity contribution in [2.45, 2.75) is 6.92 Å². The monoisotopic (exact) mass is 318 g/mol. The Hall–Kier alpha value is -3.41. The molecule has 24 heavy (non-hydrogen) atoms. The van der Waals surface area contributed by atoms with Gasteiger partial charge in [0.1, 0.15) is 0 Å². The molecule has 0 unspecified atom stereocenters. The molecule has 0 radical (unpaired) electrons. The van der Waals surface area contributed by atoms with Crippen LogP contribution in [0.1, 0.15) is 5.69 Å². The molecule has 0 saturated heterocycles. The van der Waals surface area contributed by atoms with Crippen LogP contribution in [0, 0.1) is 6.92 Å². The predicted molar refractivity (Wildman–Crippen MR) is 92.0 cm³/mol. The largest absolute Gasteiger partial charge is 0.290 e. The van der Waals surface area contributed by atoms with E-state index in [0.29, 0.717) is 22.3 Å². The smallest absolute Gasteiger partial charge is 0.280 e. The summed E-state index contributed by atoms with van der Waals surface area (Å²) in [5.74, 6) is 0. The Morgan fingerprint density at radius 2 is 1.75 bits per heavy atom. The molecule has 6 heteroatoms. The zero-order valence-corrected chi connectivity index (χ0v) is 12.9.